The normalized spacial score (nSPS) is 10.9. The lowest BCUT2D eigenvalue weighted by molar-refractivity contribution is 0.580. The van der Waals surface area contributed by atoms with Crippen molar-refractivity contribution in [2.45, 2.75) is 50.8 Å². The van der Waals surface area contributed by atoms with Crippen LogP contribution in [0.5, 0.6) is 0 Å². The molecule has 2 aromatic carbocycles. The van der Waals surface area contributed by atoms with Gasteiger partial charge in [0, 0.05) is 5.92 Å². The maximum absolute atomic E-state index is 5.54. The summed E-state index contributed by atoms with van der Waals surface area (Å²) in [6.07, 6.45) is 8.43. The lowest BCUT2D eigenvalue weighted by Crippen LogP contribution is -2.01. The number of hydrogen-bond acceptors (Lipinski definition) is 0. The fourth-order valence-corrected chi connectivity index (χ4v) is 2.92. The van der Waals surface area contributed by atoms with Gasteiger partial charge in [0.25, 0.3) is 0 Å². The number of unbranched alkanes of at least 4 members (excludes halogenated alkanes) is 4. The van der Waals surface area contributed by atoms with Crippen LogP contribution in [0.1, 0.15) is 55.6 Å². The summed E-state index contributed by atoms with van der Waals surface area (Å²) in [5.74, 6) is 0.530. The summed E-state index contributed by atoms with van der Waals surface area (Å²) in [5.41, 5.74) is 2.87. The molecule has 2 aromatic rings. The first-order valence-corrected chi connectivity index (χ1v) is 8.22. The quantitative estimate of drug-likeness (QED) is 0.404. The summed E-state index contributed by atoms with van der Waals surface area (Å²) in [7, 11) is 5.54. The molecule has 0 N–H and O–H groups in total. The number of benzene rings is 2. The molecule has 2 radical (unpaired) electrons. The summed E-state index contributed by atoms with van der Waals surface area (Å²) < 4.78 is 0. The Morgan fingerprint density at radius 2 is 1.10 bits per heavy atom. The maximum Gasteiger partial charge on any atom is 0.0653 e. The lowest BCUT2D eigenvalue weighted by Gasteiger charge is -2.18. The molecule has 0 bridgehead atoms. The standard InChI is InChI=1S/C20H25B/c21-17-11-3-1-2-10-16-20(18-12-6-4-7-13-18)19-14-8-5-9-15-19/h4-9,12-15,20H,1-3,10-11,16-17H2. The first-order valence-electron chi connectivity index (χ1n) is 8.22. The van der Waals surface area contributed by atoms with E-state index in [1.54, 1.807) is 0 Å². The first kappa shape index (κ1) is 15.9. The van der Waals surface area contributed by atoms with Crippen molar-refractivity contribution in [2.24, 2.45) is 0 Å². The highest BCUT2D eigenvalue weighted by Crippen LogP contribution is 2.29. The van der Waals surface area contributed by atoms with Gasteiger partial charge in [0.05, 0.1) is 7.85 Å². The Morgan fingerprint density at radius 3 is 1.62 bits per heavy atom. The van der Waals surface area contributed by atoms with Crippen molar-refractivity contribution >= 4 is 7.85 Å². The summed E-state index contributed by atoms with van der Waals surface area (Å²) in [6, 6.07) is 21.8. The Labute approximate surface area is 131 Å². The average Bonchev–Trinajstić information content (AvgIpc) is 2.56. The van der Waals surface area contributed by atoms with Crippen LogP contribution >= 0.6 is 0 Å². The highest BCUT2D eigenvalue weighted by Gasteiger charge is 2.12. The van der Waals surface area contributed by atoms with Crippen molar-refractivity contribution in [3.63, 3.8) is 0 Å². The molecule has 0 fully saturated rings. The molecule has 0 saturated heterocycles. The van der Waals surface area contributed by atoms with Crippen molar-refractivity contribution < 1.29 is 0 Å². The van der Waals surface area contributed by atoms with Crippen molar-refractivity contribution in [1.29, 1.82) is 0 Å². The molecule has 0 spiro atoms. The molecule has 0 nitrogen and oxygen atoms in total. The predicted octanol–water partition coefficient (Wildman–Crippen LogP) is 5.75. The zero-order chi connectivity index (χ0) is 14.8. The van der Waals surface area contributed by atoms with Crippen molar-refractivity contribution in [1.82, 2.24) is 0 Å². The van der Waals surface area contributed by atoms with E-state index in [4.69, 9.17) is 7.85 Å². The summed E-state index contributed by atoms with van der Waals surface area (Å²) in [5, 5.41) is 0. The van der Waals surface area contributed by atoms with Gasteiger partial charge in [0.2, 0.25) is 0 Å². The molecule has 0 aliphatic rings. The third-order valence-corrected chi connectivity index (χ3v) is 4.10. The monoisotopic (exact) mass is 276 g/mol. The van der Waals surface area contributed by atoms with Gasteiger partial charge in [-0.3, -0.25) is 0 Å². The van der Waals surface area contributed by atoms with E-state index < -0.39 is 0 Å². The summed E-state index contributed by atoms with van der Waals surface area (Å²) in [6.45, 7) is 0. The number of hydrogen-bond donors (Lipinski definition) is 0. The van der Waals surface area contributed by atoms with Gasteiger partial charge < -0.3 is 0 Å². The fourth-order valence-electron chi connectivity index (χ4n) is 2.92. The molecule has 0 aliphatic heterocycles. The van der Waals surface area contributed by atoms with E-state index in [1.165, 1.54) is 49.7 Å². The van der Waals surface area contributed by atoms with E-state index in [2.05, 4.69) is 60.7 Å². The highest BCUT2D eigenvalue weighted by atomic mass is 14.2. The van der Waals surface area contributed by atoms with Crippen LogP contribution in [0.15, 0.2) is 60.7 Å². The van der Waals surface area contributed by atoms with Crippen molar-refractivity contribution in [2.75, 3.05) is 0 Å². The molecule has 0 heterocycles. The molecule has 0 atom stereocenters. The van der Waals surface area contributed by atoms with E-state index in [0.717, 1.165) is 6.32 Å². The minimum atomic E-state index is 0.530. The second kappa shape index (κ2) is 9.44. The van der Waals surface area contributed by atoms with Gasteiger partial charge in [-0.15, -0.1) is 0 Å². The zero-order valence-corrected chi connectivity index (χ0v) is 12.9. The van der Waals surface area contributed by atoms with E-state index in [-0.39, 0.29) is 0 Å². The van der Waals surface area contributed by atoms with Gasteiger partial charge in [-0.1, -0.05) is 99.1 Å². The van der Waals surface area contributed by atoms with E-state index in [0.29, 0.717) is 5.92 Å². The highest BCUT2D eigenvalue weighted by molar-refractivity contribution is 6.08. The molecule has 0 saturated carbocycles. The van der Waals surface area contributed by atoms with Crippen LogP contribution in [0.25, 0.3) is 0 Å². The summed E-state index contributed by atoms with van der Waals surface area (Å²) in [4.78, 5) is 0. The SMILES string of the molecule is [B]CCCCCCCC(c1ccccc1)c1ccccc1. The average molecular weight is 276 g/mol. The van der Waals surface area contributed by atoms with E-state index >= 15 is 0 Å². The second-order valence-electron chi connectivity index (χ2n) is 5.72. The topological polar surface area (TPSA) is 0 Å². The van der Waals surface area contributed by atoms with Crippen LogP contribution < -0.4 is 0 Å². The van der Waals surface area contributed by atoms with E-state index in [9.17, 15) is 0 Å². The van der Waals surface area contributed by atoms with Gasteiger partial charge in [-0.2, -0.15) is 0 Å². The van der Waals surface area contributed by atoms with Crippen LogP contribution in [0, 0.1) is 0 Å². The van der Waals surface area contributed by atoms with Gasteiger partial charge in [-0.25, -0.2) is 0 Å². The third-order valence-electron chi connectivity index (χ3n) is 4.10. The van der Waals surface area contributed by atoms with Crippen LogP contribution in [0.4, 0.5) is 0 Å². The van der Waals surface area contributed by atoms with Crippen LogP contribution in [0.3, 0.4) is 0 Å². The van der Waals surface area contributed by atoms with Gasteiger partial charge >= 0.3 is 0 Å². The van der Waals surface area contributed by atoms with Gasteiger partial charge in [-0.05, 0) is 17.5 Å². The first-order chi connectivity index (χ1) is 10.4. The summed E-state index contributed by atoms with van der Waals surface area (Å²) >= 11 is 0. The zero-order valence-electron chi connectivity index (χ0n) is 12.9. The molecule has 21 heavy (non-hydrogen) atoms. The minimum absolute atomic E-state index is 0.530. The molecule has 0 aromatic heterocycles. The third kappa shape index (κ3) is 5.42. The van der Waals surface area contributed by atoms with Crippen LogP contribution in [-0.4, -0.2) is 7.85 Å². The smallest absolute Gasteiger partial charge is 0.0653 e. The Balaban J connectivity index is 1.94. The minimum Gasteiger partial charge on any atom is -0.0887 e. The molecular weight excluding hydrogens is 251 g/mol. The second-order valence-corrected chi connectivity index (χ2v) is 5.72. The molecule has 1 heteroatoms. The van der Waals surface area contributed by atoms with Crippen molar-refractivity contribution in [3.8, 4) is 0 Å². The molecule has 2 rings (SSSR count). The molecule has 0 aliphatic carbocycles. The Bertz CT molecular complexity index is 438. The van der Waals surface area contributed by atoms with E-state index in [1.807, 2.05) is 0 Å². The van der Waals surface area contributed by atoms with Crippen molar-refractivity contribution in [3.05, 3.63) is 71.8 Å². The van der Waals surface area contributed by atoms with Gasteiger partial charge in [0.1, 0.15) is 0 Å². The lowest BCUT2D eigenvalue weighted by atomic mass is 9.86. The Kier molecular flexibility index (Phi) is 7.14. The Morgan fingerprint density at radius 1 is 0.619 bits per heavy atom. The van der Waals surface area contributed by atoms with Gasteiger partial charge in [0.15, 0.2) is 0 Å². The van der Waals surface area contributed by atoms with Crippen LogP contribution in [0.2, 0.25) is 6.32 Å². The molecule has 0 amide bonds. The Hall–Kier alpha value is -1.50. The molecule has 0 unspecified atom stereocenters. The van der Waals surface area contributed by atoms with Crippen LogP contribution in [-0.2, 0) is 0 Å². The maximum atomic E-state index is 5.54. The molecule has 108 valence electrons. The molecular formula is C20H25B. The predicted molar refractivity (Wildman–Crippen MR) is 93.0 cm³/mol. The largest absolute Gasteiger partial charge is 0.0887 e. The fraction of sp³-hybridized carbons (Fsp3) is 0.400. The number of rotatable bonds is 9.